The summed E-state index contributed by atoms with van der Waals surface area (Å²) in [6.45, 7) is 5.84. The Morgan fingerprint density at radius 2 is 2.00 bits per heavy atom. The Labute approximate surface area is 87.4 Å². The van der Waals surface area contributed by atoms with Crippen LogP contribution in [0.3, 0.4) is 0 Å². The number of nitrogens with one attached hydrogen (secondary N) is 1. The van der Waals surface area contributed by atoms with Crippen LogP contribution in [0.2, 0.25) is 0 Å². The Morgan fingerprint density at radius 1 is 1.36 bits per heavy atom. The second-order valence-corrected chi connectivity index (χ2v) is 4.34. The van der Waals surface area contributed by atoms with E-state index in [1.54, 1.807) is 0 Å². The van der Waals surface area contributed by atoms with E-state index in [0.29, 0.717) is 18.1 Å². The van der Waals surface area contributed by atoms with Gasteiger partial charge in [0.25, 0.3) is 0 Å². The Balaban J connectivity index is 2.10. The third kappa shape index (κ3) is 4.40. The van der Waals surface area contributed by atoms with E-state index in [-0.39, 0.29) is 0 Å². The number of ether oxygens (including phenoxy) is 1. The van der Waals surface area contributed by atoms with Crippen molar-refractivity contribution in [2.24, 2.45) is 5.73 Å². The van der Waals surface area contributed by atoms with Gasteiger partial charge in [-0.25, -0.2) is 0 Å². The summed E-state index contributed by atoms with van der Waals surface area (Å²) >= 11 is 0. The van der Waals surface area contributed by atoms with Crippen LogP contribution < -0.4 is 11.1 Å². The van der Waals surface area contributed by atoms with Crippen molar-refractivity contribution < 1.29 is 4.74 Å². The lowest BCUT2D eigenvalue weighted by atomic mass is 9.91. The molecule has 0 aliphatic heterocycles. The van der Waals surface area contributed by atoms with Gasteiger partial charge in [0.2, 0.25) is 0 Å². The maximum Gasteiger partial charge on any atom is 0.0616 e. The highest BCUT2D eigenvalue weighted by Gasteiger charge is 2.19. The van der Waals surface area contributed by atoms with E-state index in [1.807, 2.05) is 6.92 Å². The second-order valence-electron chi connectivity index (χ2n) is 4.34. The lowest BCUT2D eigenvalue weighted by Crippen LogP contribution is -2.43. The van der Waals surface area contributed by atoms with E-state index in [4.69, 9.17) is 10.5 Å². The molecule has 1 aliphatic rings. The van der Waals surface area contributed by atoms with Crippen molar-refractivity contribution >= 4 is 0 Å². The molecule has 1 rings (SSSR count). The fourth-order valence-corrected chi connectivity index (χ4v) is 2.03. The first-order valence-electron chi connectivity index (χ1n) is 5.81. The minimum atomic E-state index is 0.440. The lowest BCUT2D eigenvalue weighted by molar-refractivity contribution is 0.120. The summed E-state index contributed by atoms with van der Waals surface area (Å²) in [5.74, 6) is 0. The maximum atomic E-state index is 5.86. The molecular formula is C11H24N2O. The molecule has 14 heavy (non-hydrogen) atoms. The van der Waals surface area contributed by atoms with Gasteiger partial charge in [-0.3, -0.25) is 0 Å². The molecule has 1 unspecified atom stereocenters. The van der Waals surface area contributed by atoms with Gasteiger partial charge in [0.15, 0.2) is 0 Å². The van der Waals surface area contributed by atoms with Gasteiger partial charge in [-0.15, -0.1) is 0 Å². The van der Waals surface area contributed by atoms with Crippen molar-refractivity contribution in [1.82, 2.24) is 5.32 Å². The minimum Gasteiger partial charge on any atom is -0.380 e. The fraction of sp³-hybridized carbons (Fsp3) is 1.00. The van der Waals surface area contributed by atoms with Crippen molar-refractivity contribution in [3.05, 3.63) is 0 Å². The van der Waals surface area contributed by atoms with Crippen LogP contribution in [0.4, 0.5) is 0 Å². The van der Waals surface area contributed by atoms with Gasteiger partial charge >= 0.3 is 0 Å². The minimum absolute atomic E-state index is 0.440. The summed E-state index contributed by atoms with van der Waals surface area (Å²) in [4.78, 5) is 0. The van der Waals surface area contributed by atoms with Crippen LogP contribution in [0.1, 0.15) is 39.5 Å². The largest absolute Gasteiger partial charge is 0.380 e. The van der Waals surface area contributed by atoms with Crippen molar-refractivity contribution in [2.75, 3.05) is 13.2 Å². The molecule has 0 aromatic carbocycles. The topological polar surface area (TPSA) is 47.3 Å². The first kappa shape index (κ1) is 12.0. The smallest absolute Gasteiger partial charge is 0.0616 e. The monoisotopic (exact) mass is 200 g/mol. The van der Waals surface area contributed by atoms with Crippen LogP contribution in [-0.2, 0) is 4.74 Å². The molecule has 3 nitrogen and oxygen atoms in total. The molecule has 1 aliphatic carbocycles. The van der Waals surface area contributed by atoms with Gasteiger partial charge in [-0.1, -0.05) is 0 Å². The summed E-state index contributed by atoms with van der Waals surface area (Å²) < 4.78 is 5.37. The van der Waals surface area contributed by atoms with Crippen LogP contribution >= 0.6 is 0 Å². The normalized spacial score (nSPS) is 30.2. The number of hydrogen-bond donors (Lipinski definition) is 2. The summed E-state index contributed by atoms with van der Waals surface area (Å²) in [5.41, 5.74) is 5.86. The quantitative estimate of drug-likeness (QED) is 0.702. The molecule has 1 saturated carbocycles. The zero-order valence-corrected chi connectivity index (χ0v) is 9.46. The average Bonchev–Trinajstić information content (AvgIpc) is 2.18. The van der Waals surface area contributed by atoms with E-state index >= 15 is 0 Å². The molecule has 0 aromatic rings. The SMILES string of the molecule is CCOCC(C)NC1CCC(N)CC1. The third-order valence-electron chi connectivity index (χ3n) is 2.86. The van der Waals surface area contributed by atoms with Crippen molar-refractivity contribution in [3.63, 3.8) is 0 Å². The van der Waals surface area contributed by atoms with Crippen LogP contribution in [0.5, 0.6) is 0 Å². The number of hydrogen-bond acceptors (Lipinski definition) is 3. The first-order chi connectivity index (χ1) is 6.72. The summed E-state index contributed by atoms with van der Waals surface area (Å²) in [5, 5.41) is 3.59. The molecule has 0 saturated heterocycles. The van der Waals surface area contributed by atoms with Gasteiger partial charge in [-0.2, -0.15) is 0 Å². The highest BCUT2D eigenvalue weighted by molar-refractivity contribution is 4.80. The van der Waals surface area contributed by atoms with E-state index < -0.39 is 0 Å². The molecule has 3 heteroatoms. The molecule has 0 radical (unpaired) electrons. The Kier molecular flexibility index (Phi) is 5.45. The highest BCUT2D eigenvalue weighted by atomic mass is 16.5. The summed E-state index contributed by atoms with van der Waals surface area (Å²) in [7, 11) is 0. The van der Waals surface area contributed by atoms with E-state index in [2.05, 4.69) is 12.2 Å². The van der Waals surface area contributed by atoms with Gasteiger partial charge < -0.3 is 15.8 Å². The second kappa shape index (κ2) is 6.38. The summed E-state index contributed by atoms with van der Waals surface area (Å²) in [6.07, 6.45) is 4.77. The van der Waals surface area contributed by atoms with Crippen LogP contribution in [0, 0.1) is 0 Å². The standard InChI is InChI=1S/C11H24N2O/c1-3-14-8-9(2)13-11-6-4-10(12)5-7-11/h9-11,13H,3-8,12H2,1-2H3. The fourth-order valence-electron chi connectivity index (χ4n) is 2.03. The first-order valence-corrected chi connectivity index (χ1v) is 5.81. The Hall–Kier alpha value is -0.120. The lowest BCUT2D eigenvalue weighted by Gasteiger charge is -2.29. The van der Waals surface area contributed by atoms with E-state index in [9.17, 15) is 0 Å². The molecule has 3 N–H and O–H groups in total. The van der Waals surface area contributed by atoms with Crippen molar-refractivity contribution in [1.29, 1.82) is 0 Å². The number of rotatable bonds is 5. The van der Waals surface area contributed by atoms with Crippen LogP contribution in [0.25, 0.3) is 0 Å². The Bertz CT molecular complexity index is 144. The average molecular weight is 200 g/mol. The number of nitrogens with two attached hydrogens (primary N) is 1. The molecule has 0 amide bonds. The van der Waals surface area contributed by atoms with Crippen molar-refractivity contribution in [2.45, 2.75) is 57.7 Å². The molecule has 1 fully saturated rings. The maximum absolute atomic E-state index is 5.86. The van der Waals surface area contributed by atoms with Gasteiger partial charge in [0.05, 0.1) is 6.61 Å². The third-order valence-corrected chi connectivity index (χ3v) is 2.86. The summed E-state index contributed by atoms with van der Waals surface area (Å²) in [6, 6.07) is 1.56. The van der Waals surface area contributed by atoms with Crippen LogP contribution in [0.15, 0.2) is 0 Å². The highest BCUT2D eigenvalue weighted by Crippen LogP contribution is 2.17. The molecule has 84 valence electrons. The van der Waals surface area contributed by atoms with E-state index in [0.717, 1.165) is 13.2 Å². The predicted octanol–water partition coefficient (Wildman–Crippen LogP) is 1.27. The van der Waals surface area contributed by atoms with Gasteiger partial charge in [0.1, 0.15) is 0 Å². The van der Waals surface area contributed by atoms with E-state index in [1.165, 1.54) is 25.7 Å². The molecule has 0 heterocycles. The molecule has 1 atom stereocenters. The molecular weight excluding hydrogens is 176 g/mol. The molecule has 0 aromatic heterocycles. The van der Waals surface area contributed by atoms with Crippen molar-refractivity contribution in [3.8, 4) is 0 Å². The predicted molar refractivity (Wildman–Crippen MR) is 59.3 cm³/mol. The van der Waals surface area contributed by atoms with Crippen LogP contribution in [-0.4, -0.2) is 31.3 Å². The zero-order chi connectivity index (χ0) is 10.4. The van der Waals surface area contributed by atoms with Gasteiger partial charge in [0, 0.05) is 24.7 Å². The molecule has 0 spiro atoms. The van der Waals surface area contributed by atoms with Gasteiger partial charge in [-0.05, 0) is 39.5 Å². The Morgan fingerprint density at radius 3 is 2.57 bits per heavy atom. The zero-order valence-electron chi connectivity index (χ0n) is 9.46. The molecule has 0 bridgehead atoms.